The molecule has 0 spiro atoms. The topological polar surface area (TPSA) is 81.4 Å². The molecule has 0 saturated carbocycles. The van der Waals surface area contributed by atoms with Gasteiger partial charge in [0.15, 0.2) is 16.0 Å². The van der Waals surface area contributed by atoms with Crippen LogP contribution >= 0.6 is 11.8 Å². The fourth-order valence-corrected chi connectivity index (χ4v) is 5.24. The van der Waals surface area contributed by atoms with Crippen molar-refractivity contribution in [3.63, 3.8) is 0 Å². The molecule has 0 N–H and O–H groups in total. The molecule has 22 heavy (non-hydrogen) atoms. The van der Waals surface area contributed by atoms with E-state index in [1.54, 1.807) is 30.0 Å². The Labute approximate surface area is 135 Å². The van der Waals surface area contributed by atoms with Crippen LogP contribution in [0.15, 0.2) is 29.4 Å². The molecule has 0 aromatic carbocycles. The van der Waals surface area contributed by atoms with Gasteiger partial charge in [-0.05, 0) is 38.1 Å². The number of aromatic nitrogens is 1. The molecule has 1 aliphatic heterocycles. The van der Waals surface area contributed by atoms with Gasteiger partial charge in [-0.2, -0.15) is 4.73 Å². The summed E-state index contributed by atoms with van der Waals surface area (Å²) in [5.74, 6) is 0.0532. The monoisotopic (exact) mass is 344 g/mol. The lowest BCUT2D eigenvalue weighted by Crippen LogP contribution is -2.44. The Morgan fingerprint density at radius 1 is 1.55 bits per heavy atom. The van der Waals surface area contributed by atoms with Gasteiger partial charge >= 0.3 is 0 Å². The van der Waals surface area contributed by atoms with Gasteiger partial charge < -0.3 is 10.1 Å². The Morgan fingerprint density at radius 2 is 2.27 bits per heavy atom. The molecule has 122 valence electrons. The SMILES string of the molecule is CCN(C(=O)C(C)Sc1cccc[n+]1[O-])C1CCS(=O)(=O)C1. The third kappa shape index (κ3) is 3.92. The standard InChI is InChI=1S/C14H20N2O4S2/c1-3-15(12-7-9-22(19,20)10-12)14(17)11(2)21-13-6-4-5-8-16(13)18/h4-6,8,11-12H,3,7,9-10H2,1-2H3. The van der Waals surface area contributed by atoms with Gasteiger partial charge in [-0.1, -0.05) is 0 Å². The van der Waals surface area contributed by atoms with Crippen LogP contribution in [0, 0.1) is 5.21 Å². The van der Waals surface area contributed by atoms with E-state index in [0.717, 1.165) is 4.73 Å². The predicted molar refractivity (Wildman–Crippen MR) is 85.2 cm³/mol. The highest BCUT2D eigenvalue weighted by Gasteiger charge is 2.35. The molecule has 1 aromatic heterocycles. The van der Waals surface area contributed by atoms with Gasteiger partial charge in [-0.3, -0.25) is 4.79 Å². The number of pyridine rings is 1. The molecule has 0 bridgehead atoms. The zero-order valence-corrected chi connectivity index (χ0v) is 14.3. The van der Waals surface area contributed by atoms with Gasteiger partial charge in [-0.15, -0.1) is 0 Å². The quantitative estimate of drug-likeness (QED) is 0.449. The van der Waals surface area contributed by atoms with Crippen molar-refractivity contribution in [2.24, 2.45) is 0 Å². The first-order valence-electron chi connectivity index (χ1n) is 7.20. The van der Waals surface area contributed by atoms with Crippen molar-refractivity contribution < 1.29 is 17.9 Å². The summed E-state index contributed by atoms with van der Waals surface area (Å²) in [6, 6.07) is 4.79. The van der Waals surface area contributed by atoms with Crippen LogP contribution in [0.2, 0.25) is 0 Å². The Kier molecular flexibility index (Phi) is 5.33. The highest BCUT2D eigenvalue weighted by atomic mass is 32.2. The lowest BCUT2D eigenvalue weighted by molar-refractivity contribution is -0.645. The summed E-state index contributed by atoms with van der Waals surface area (Å²) in [6.07, 6.45) is 1.88. The van der Waals surface area contributed by atoms with Gasteiger partial charge in [0.1, 0.15) is 0 Å². The summed E-state index contributed by atoms with van der Waals surface area (Å²) in [4.78, 5) is 14.2. The number of carbonyl (C=O) groups is 1. The molecule has 1 amide bonds. The number of thioether (sulfide) groups is 1. The summed E-state index contributed by atoms with van der Waals surface area (Å²) < 4.78 is 23.9. The summed E-state index contributed by atoms with van der Waals surface area (Å²) in [7, 11) is -3.03. The molecule has 1 aromatic rings. The van der Waals surface area contributed by atoms with Crippen LogP contribution in [0.25, 0.3) is 0 Å². The fourth-order valence-electron chi connectivity index (χ4n) is 2.58. The summed E-state index contributed by atoms with van der Waals surface area (Å²) >= 11 is 1.19. The molecule has 6 nitrogen and oxygen atoms in total. The smallest absolute Gasteiger partial charge is 0.252 e. The van der Waals surface area contributed by atoms with Crippen molar-refractivity contribution in [1.29, 1.82) is 0 Å². The number of amides is 1. The van der Waals surface area contributed by atoms with Crippen LogP contribution in [0.3, 0.4) is 0 Å². The van der Waals surface area contributed by atoms with Crippen molar-refractivity contribution in [3.8, 4) is 0 Å². The maximum Gasteiger partial charge on any atom is 0.252 e. The number of sulfone groups is 1. The van der Waals surface area contributed by atoms with Crippen LogP contribution in [0.5, 0.6) is 0 Å². The van der Waals surface area contributed by atoms with E-state index in [2.05, 4.69) is 0 Å². The summed E-state index contributed by atoms with van der Waals surface area (Å²) in [5.41, 5.74) is 0. The van der Waals surface area contributed by atoms with Crippen molar-refractivity contribution in [1.82, 2.24) is 4.90 Å². The van der Waals surface area contributed by atoms with Gasteiger partial charge in [0.25, 0.3) is 5.03 Å². The van der Waals surface area contributed by atoms with E-state index in [-0.39, 0.29) is 23.5 Å². The highest BCUT2D eigenvalue weighted by molar-refractivity contribution is 8.00. The minimum absolute atomic E-state index is 0.0386. The first-order valence-corrected chi connectivity index (χ1v) is 9.90. The normalized spacial score (nSPS) is 21.5. The fraction of sp³-hybridized carbons (Fsp3) is 0.571. The van der Waals surface area contributed by atoms with E-state index in [1.165, 1.54) is 18.0 Å². The lowest BCUT2D eigenvalue weighted by atomic mass is 10.2. The minimum Gasteiger partial charge on any atom is -0.618 e. The molecule has 8 heteroatoms. The van der Waals surface area contributed by atoms with Crippen molar-refractivity contribution in [3.05, 3.63) is 29.6 Å². The average Bonchev–Trinajstić information content (AvgIpc) is 2.82. The van der Waals surface area contributed by atoms with Crippen LogP contribution in [-0.4, -0.2) is 48.6 Å². The van der Waals surface area contributed by atoms with Crippen LogP contribution in [0.1, 0.15) is 20.3 Å². The van der Waals surface area contributed by atoms with Gasteiger partial charge in [0.2, 0.25) is 5.91 Å². The predicted octanol–water partition coefficient (Wildman–Crippen LogP) is 0.836. The van der Waals surface area contributed by atoms with Crippen LogP contribution in [0.4, 0.5) is 0 Å². The Hall–Kier alpha value is -1.28. The molecule has 2 heterocycles. The maximum absolute atomic E-state index is 12.6. The molecule has 1 aliphatic rings. The van der Waals surface area contributed by atoms with Gasteiger partial charge in [-0.25, -0.2) is 8.42 Å². The molecule has 1 saturated heterocycles. The summed E-state index contributed by atoms with van der Waals surface area (Å²) in [5, 5.41) is 11.7. The van der Waals surface area contributed by atoms with Crippen LogP contribution < -0.4 is 4.73 Å². The molecule has 1 fully saturated rings. The second-order valence-electron chi connectivity index (χ2n) is 5.31. The maximum atomic E-state index is 12.6. The molecule has 2 atom stereocenters. The van der Waals surface area contributed by atoms with Crippen molar-refractivity contribution in [2.75, 3.05) is 18.1 Å². The lowest BCUT2D eigenvalue weighted by Gasteiger charge is -2.29. The largest absolute Gasteiger partial charge is 0.618 e. The Bertz CT molecular complexity index is 648. The van der Waals surface area contributed by atoms with E-state index >= 15 is 0 Å². The minimum atomic E-state index is -3.03. The van der Waals surface area contributed by atoms with Crippen molar-refractivity contribution in [2.45, 2.75) is 36.6 Å². The zero-order chi connectivity index (χ0) is 16.3. The Balaban J connectivity index is 2.07. The summed E-state index contributed by atoms with van der Waals surface area (Å²) in [6.45, 7) is 4.05. The number of rotatable bonds is 5. The second-order valence-corrected chi connectivity index (χ2v) is 8.90. The van der Waals surface area contributed by atoms with Gasteiger partial charge in [0.05, 0.1) is 16.8 Å². The molecular weight excluding hydrogens is 324 g/mol. The van der Waals surface area contributed by atoms with E-state index in [1.807, 2.05) is 6.92 Å². The first-order chi connectivity index (χ1) is 10.3. The van der Waals surface area contributed by atoms with Gasteiger partial charge in [0, 0.05) is 24.7 Å². The third-order valence-electron chi connectivity index (χ3n) is 3.71. The zero-order valence-electron chi connectivity index (χ0n) is 12.6. The Morgan fingerprint density at radius 3 is 2.82 bits per heavy atom. The van der Waals surface area contributed by atoms with Crippen LogP contribution in [-0.2, 0) is 14.6 Å². The molecular formula is C14H20N2O4S2. The molecule has 2 unspecified atom stereocenters. The number of carbonyl (C=O) groups excluding carboxylic acids is 1. The molecule has 0 aliphatic carbocycles. The first kappa shape index (κ1) is 17.1. The number of nitrogens with zero attached hydrogens (tertiary/aromatic N) is 2. The molecule has 0 radical (unpaired) electrons. The highest BCUT2D eigenvalue weighted by Crippen LogP contribution is 2.24. The van der Waals surface area contributed by atoms with E-state index < -0.39 is 15.1 Å². The van der Waals surface area contributed by atoms with E-state index in [4.69, 9.17) is 0 Å². The second kappa shape index (κ2) is 6.87. The van der Waals surface area contributed by atoms with E-state index in [0.29, 0.717) is 18.0 Å². The number of hydrogen-bond donors (Lipinski definition) is 0. The molecule has 2 rings (SSSR count). The van der Waals surface area contributed by atoms with Crippen molar-refractivity contribution >= 4 is 27.5 Å². The van der Waals surface area contributed by atoms with E-state index in [9.17, 15) is 18.4 Å². The third-order valence-corrected chi connectivity index (χ3v) is 6.57. The average molecular weight is 344 g/mol. The number of hydrogen-bond acceptors (Lipinski definition) is 5.